The normalized spacial score (nSPS) is 12.0. The molecule has 1 aliphatic rings. The van der Waals surface area contributed by atoms with Gasteiger partial charge >= 0.3 is 0 Å². The first-order valence-electron chi connectivity index (χ1n) is 13.6. The van der Waals surface area contributed by atoms with Crippen molar-refractivity contribution >= 4 is 45.3 Å². The Hall–Kier alpha value is -5.68. The second kappa shape index (κ2) is 9.50. The zero-order chi connectivity index (χ0) is 27.2. The van der Waals surface area contributed by atoms with Crippen LogP contribution in [0.2, 0.25) is 0 Å². The van der Waals surface area contributed by atoms with Crippen molar-refractivity contribution < 1.29 is 4.74 Å². The number of pyridine rings is 2. The van der Waals surface area contributed by atoms with Gasteiger partial charge in [0.2, 0.25) is 11.8 Å². The van der Waals surface area contributed by atoms with Gasteiger partial charge < -0.3 is 10.1 Å². The molecule has 0 saturated heterocycles. The Balaban J connectivity index is 1.30. The first-order chi connectivity index (χ1) is 20.3. The zero-order valence-corrected chi connectivity index (χ0v) is 22.0. The van der Waals surface area contributed by atoms with Crippen molar-refractivity contribution in [3.05, 3.63) is 139 Å². The largest absolute Gasteiger partial charge is 0.421 e. The van der Waals surface area contributed by atoms with E-state index in [0.717, 1.165) is 44.9 Å². The SMILES string of the molecule is C1=Cc2cccc(-c3ccc4c5ccccc5n(-c5cccc(Oc6ccccn6)n5)c4c3)c2Nc2ccccc21. The highest BCUT2D eigenvalue weighted by Gasteiger charge is 2.17. The van der Waals surface area contributed by atoms with E-state index in [2.05, 4.69) is 112 Å². The molecule has 0 bridgehead atoms. The Morgan fingerprint density at radius 3 is 2.34 bits per heavy atom. The molecule has 0 radical (unpaired) electrons. The Labute approximate surface area is 237 Å². The van der Waals surface area contributed by atoms with E-state index in [4.69, 9.17) is 9.72 Å². The lowest BCUT2D eigenvalue weighted by Gasteiger charge is -2.16. The monoisotopic (exact) mass is 528 g/mol. The summed E-state index contributed by atoms with van der Waals surface area (Å²) in [6, 6.07) is 41.4. The first kappa shape index (κ1) is 23.2. The summed E-state index contributed by atoms with van der Waals surface area (Å²) in [6.45, 7) is 0. The molecule has 8 rings (SSSR count). The minimum Gasteiger partial charge on any atom is -0.421 e. The van der Waals surface area contributed by atoms with Gasteiger partial charge in [0.05, 0.1) is 16.7 Å². The van der Waals surface area contributed by atoms with Gasteiger partial charge in [-0.15, -0.1) is 0 Å². The van der Waals surface area contributed by atoms with Crippen molar-refractivity contribution in [1.82, 2.24) is 14.5 Å². The predicted octanol–water partition coefficient (Wildman–Crippen LogP) is 9.26. The van der Waals surface area contributed by atoms with E-state index in [1.54, 1.807) is 6.20 Å². The lowest BCUT2D eigenvalue weighted by molar-refractivity contribution is 0.444. The lowest BCUT2D eigenvalue weighted by Crippen LogP contribution is -1.99. The van der Waals surface area contributed by atoms with Gasteiger partial charge in [-0.05, 0) is 47.0 Å². The van der Waals surface area contributed by atoms with Crippen LogP contribution >= 0.6 is 0 Å². The number of nitrogens with one attached hydrogen (secondary N) is 1. The molecule has 0 fully saturated rings. The van der Waals surface area contributed by atoms with Gasteiger partial charge in [-0.2, -0.15) is 4.98 Å². The van der Waals surface area contributed by atoms with E-state index in [-0.39, 0.29) is 0 Å². The molecule has 0 aliphatic carbocycles. The number of para-hydroxylation sites is 3. The van der Waals surface area contributed by atoms with Crippen LogP contribution in [-0.4, -0.2) is 14.5 Å². The van der Waals surface area contributed by atoms with Crippen molar-refractivity contribution in [3.63, 3.8) is 0 Å². The van der Waals surface area contributed by atoms with Gasteiger partial charge in [-0.25, -0.2) is 4.98 Å². The van der Waals surface area contributed by atoms with Crippen LogP contribution < -0.4 is 10.1 Å². The van der Waals surface area contributed by atoms with E-state index in [0.29, 0.717) is 11.8 Å². The fourth-order valence-corrected chi connectivity index (χ4v) is 5.64. The van der Waals surface area contributed by atoms with E-state index in [9.17, 15) is 0 Å². The Morgan fingerprint density at radius 1 is 0.610 bits per heavy atom. The second-order valence-electron chi connectivity index (χ2n) is 10.0. The minimum absolute atomic E-state index is 0.492. The summed E-state index contributed by atoms with van der Waals surface area (Å²) in [5.41, 5.74) is 8.95. The quantitative estimate of drug-likeness (QED) is 0.247. The van der Waals surface area contributed by atoms with Crippen molar-refractivity contribution in [3.8, 4) is 28.7 Å². The molecular weight excluding hydrogens is 504 g/mol. The number of ether oxygens (including phenoxy) is 1. The molecule has 4 heterocycles. The molecule has 1 aliphatic heterocycles. The highest BCUT2D eigenvalue weighted by Crippen LogP contribution is 2.40. The minimum atomic E-state index is 0.492. The van der Waals surface area contributed by atoms with Crippen molar-refractivity contribution in [2.45, 2.75) is 0 Å². The maximum absolute atomic E-state index is 5.99. The highest BCUT2D eigenvalue weighted by molar-refractivity contribution is 6.10. The Bertz CT molecular complexity index is 2110. The maximum atomic E-state index is 5.99. The van der Waals surface area contributed by atoms with E-state index in [1.807, 2.05) is 36.4 Å². The van der Waals surface area contributed by atoms with Crippen LogP contribution in [0.25, 0.3) is 50.9 Å². The molecule has 41 heavy (non-hydrogen) atoms. The molecule has 5 nitrogen and oxygen atoms in total. The molecular formula is C36H24N4O. The first-order valence-corrected chi connectivity index (χ1v) is 13.6. The fraction of sp³-hybridized carbons (Fsp3) is 0. The predicted molar refractivity (Wildman–Crippen MR) is 167 cm³/mol. The topological polar surface area (TPSA) is 52.0 Å². The third kappa shape index (κ3) is 4.03. The Morgan fingerprint density at radius 2 is 1.39 bits per heavy atom. The summed E-state index contributed by atoms with van der Waals surface area (Å²) in [7, 11) is 0. The molecule has 0 amide bonds. The molecule has 7 aromatic rings. The second-order valence-corrected chi connectivity index (χ2v) is 10.0. The average Bonchev–Trinajstić information content (AvgIpc) is 3.22. The fourth-order valence-electron chi connectivity index (χ4n) is 5.64. The summed E-state index contributed by atoms with van der Waals surface area (Å²) in [5.74, 6) is 1.78. The van der Waals surface area contributed by atoms with E-state index in [1.165, 1.54) is 16.3 Å². The van der Waals surface area contributed by atoms with Gasteiger partial charge in [-0.3, -0.25) is 4.57 Å². The molecule has 0 spiro atoms. The molecule has 0 saturated carbocycles. The summed E-state index contributed by atoms with van der Waals surface area (Å²) in [5, 5.41) is 6.06. The van der Waals surface area contributed by atoms with Gasteiger partial charge in [0.15, 0.2) is 0 Å². The summed E-state index contributed by atoms with van der Waals surface area (Å²) in [6.07, 6.45) is 6.07. The third-order valence-corrected chi connectivity index (χ3v) is 7.53. The number of benzene rings is 4. The lowest BCUT2D eigenvalue weighted by atomic mass is 9.98. The molecule has 194 valence electrons. The van der Waals surface area contributed by atoms with Gasteiger partial charge in [-0.1, -0.05) is 91.0 Å². The van der Waals surface area contributed by atoms with Gasteiger partial charge in [0, 0.05) is 40.4 Å². The molecule has 4 aromatic carbocycles. The van der Waals surface area contributed by atoms with Gasteiger partial charge in [0.1, 0.15) is 5.82 Å². The number of aromatic nitrogens is 3. The zero-order valence-electron chi connectivity index (χ0n) is 22.0. The molecule has 1 N–H and O–H groups in total. The maximum Gasteiger partial charge on any atom is 0.223 e. The number of fused-ring (bicyclic) bond motifs is 5. The molecule has 5 heteroatoms. The third-order valence-electron chi connectivity index (χ3n) is 7.53. The highest BCUT2D eigenvalue weighted by atomic mass is 16.5. The molecule has 0 atom stereocenters. The summed E-state index contributed by atoms with van der Waals surface area (Å²) < 4.78 is 8.20. The van der Waals surface area contributed by atoms with Crippen molar-refractivity contribution in [2.24, 2.45) is 0 Å². The summed E-state index contributed by atoms with van der Waals surface area (Å²) in [4.78, 5) is 9.19. The molecule has 3 aromatic heterocycles. The van der Waals surface area contributed by atoms with Crippen LogP contribution in [0.5, 0.6) is 11.8 Å². The molecule has 0 unspecified atom stereocenters. The van der Waals surface area contributed by atoms with E-state index < -0.39 is 0 Å². The van der Waals surface area contributed by atoms with Crippen molar-refractivity contribution in [2.75, 3.05) is 5.32 Å². The van der Waals surface area contributed by atoms with Crippen LogP contribution in [0.3, 0.4) is 0 Å². The van der Waals surface area contributed by atoms with Crippen LogP contribution in [0.15, 0.2) is 128 Å². The van der Waals surface area contributed by atoms with Crippen LogP contribution in [0.1, 0.15) is 11.1 Å². The average molecular weight is 529 g/mol. The van der Waals surface area contributed by atoms with Crippen molar-refractivity contribution in [1.29, 1.82) is 0 Å². The van der Waals surface area contributed by atoms with E-state index >= 15 is 0 Å². The number of anilines is 2. The van der Waals surface area contributed by atoms with Crippen LogP contribution in [0.4, 0.5) is 11.4 Å². The Kier molecular flexibility index (Phi) is 5.38. The van der Waals surface area contributed by atoms with Gasteiger partial charge in [0.25, 0.3) is 0 Å². The smallest absolute Gasteiger partial charge is 0.223 e. The number of hydrogen-bond donors (Lipinski definition) is 1. The van der Waals surface area contributed by atoms with Crippen LogP contribution in [-0.2, 0) is 0 Å². The number of rotatable bonds is 4. The summed E-state index contributed by atoms with van der Waals surface area (Å²) >= 11 is 0. The van der Waals surface area contributed by atoms with Crippen LogP contribution in [0, 0.1) is 0 Å². The number of nitrogens with zero attached hydrogens (tertiary/aromatic N) is 3. The number of hydrogen-bond acceptors (Lipinski definition) is 4. The standard InChI is InChI=1S/C36H24N4O/c1-3-13-30-24(9-1)18-19-25-10-7-12-27(36(25)38-30)26-20-21-29-28-11-2-4-14-31(28)40(32(29)23-26)33-15-8-17-35(39-33)41-34-16-5-6-22-37-34/h1-23,38H.